The molecule has 0 spiro atoms. The van der Waals surface area contributed by atoms with Crippen LogP contribution in [0.15, 0.2) is 0 Å². The van der Waals surface area contributed by atoms with Crippen LogP contribution in [0.1, 0.15) is 0 Å². The zero-order chi connectivity index (χ0) is 10.4. The number of nitrogens with zero attached hydrogens (tertiary/aromatic N) is 2. The van der Waals surface area contributed by atoms with Gasteiger partial charge in [-0.3, -0.25) is 9.80 Å². The van der Waals surface area contributed by atoms with Crippen molar-refractivity contribution < 1.29 is 5.11 Å². The average molecular weight is 202 g/mol. The topological polar surface area (TPSA) is 78.8 Å². The Labute approximate surface area is 85.6 Å². The van der Waals surface area contributed by atoms with E-state index in [-0.39, 0.29) is 6.10 Å². The van der Waals surface area contributed by atoms with E-state index >= 15 is 0 Å². The molecular weight excluding hydrogens is 180 g/mol. The van der Waals surface area contributed by atoms with E-state index in [0.717, 1.165) is 39.3 Å². The lowest BCUT2D eigenvalue weighted by Gasteiger charge is -2.35. The molecule has 14 heavy (non-hydrogen) atoms. The van der Waals surface area contributed by atoms with Crippen molar-refractivity contribution in [3.05, 3.63) is 0 Å². The Morgan fingerprint density at radius 2 is 1.64 bits per heavy atom. The molecule has 1 heterocycles. The van der Waals surface area contributed by atoms with Crippen molar-refractivity contribution in [3.8, 4) is 0 Å². The minimum atomic E-state index is -0.379. The van der Waals surface area contributed by atoms with E-state index in [4.69, 9.17) is 11.5 Å². The predicted octanol–water partition coefficient (Wildman–Crippen LogP) is -2.12. The molecule has 5 heteroatoms. The summed E-state index contributed by atoms with van der Waals surface area (Å²) in [5.74, 6) is 0. The SMILES string of the molecule is NCCN1CCN(CC(O)CN)CC1. The van der Waals surface area contributed by atoms with Crippen molar-refractivity contribution in [2.24, 2.45) is 11.5 Å². The number of nitrogens with two attached hydrogens (primary N) is 2. The van der Waals surface area contributed by atoms with E-state index in [0.29, 0.717) is 13.1 Å². The largest absolute Gasteiger partial charge is 0.390 e. The average Bonchev–Trinajstić information content (AvgIpc) is 2.21. The number of aliphatic hydroxyl groups is 1. The van der Waals surface area contributed by atoms with Crippen molar-refractivity contribution >= 4 is 0 Å². The van der Waals surface area contributed by atoms with Crippen molar-refractivity contribution in [2.45, 2.75) is 6.10 Å². The molecule has 84 valence electrons. The van der Waals surface area contributed by atoms with Crippen LogP contribution in [0, 0.1) is 0 Å². The van der Waals surface area contributed by atoms with Crippen LogP contribution >= 0.6 is 0 Å². The van der Waals surface area contributed by atoms with E-state index in [1.807, 2.05) is 0 Å². The second kappa shape index (κ2) is 6.31. The van der Waals surface area contributed by atoms with Gasteiger partial charge in [-0.15, -0.1) is 0 Å². The smallest absolute Gasteiger partial charge is 0.0789 e. The van der Waals surface area contributed by atoms with Crippen molar-refractivity contribution in [1.82, 2.24) is 9.80 Å². The maximum atomic E-state index is 9.38. The Morgan fingerprint density at radius 3 is 2.14 bits per heavy atom. The van der Waals surface area contributed by atoms with Gasteiger partial charge in [0.2, 0.25) is 0 Å². The van der Waals surface area contributed by atoms with E-state index in [1.54, 1.807) is 0 Å². The Kier molecular flexibility index (Phi) is 5.36. The first-order valence-corrected chi connectivity index (χ1v) is 5.29. The van der Waals surface area contributed by atoms with Gasteiger partial charge in [0.1, 0.15) is 0 Å². The first kappa shape index (κ1) is 11.9. The van der Waals surface area contributed by atoms with E-state index in [1.165, 1.54) is 0 Å². The highest BCUT2D eigenvalue weighted by Gasteiger charge is 2.17. The van der Waals surface area contributed by atoms with E-state index in [2.05, 4.69) is 9.80 Å². The van der Waals surface area contributed by atoms with Crippen LogP contribution in [-0.4, -0.2) is 73.4 Å². The monoisotopic (exact) mass is 202 g/mol. The summed E-state index contributed by atoms with van der Waals surface area (Å²) in [6.45, 7) is 6.88. The van der Waals surface area contributed by atoms with Crippen molar-refractivity contribution in [3.63, 3.8) is 0 Å². The molecule has 0 saturated carbocycles. The van der Waals surface area contributed by atoms with Gasteiger partial charge in [-0.1, -0.05) is 0 Å². The summed E-state index contributed by atoms with van der Waals surface area (Å²) in [6.07, 6.45) is -0.379. The molecule has 0 aromatic rings. The third kappa shape index (κ3) is 3.89. The molecule has 0 radical (unpaired) electrons. The summed E-state index contributed by atoms with van der Waals surface area (Å²) < 4.78 is 0. The van der Waals surface area contributed by atoms with Crippen LogP contribution in [0.5, 0.6) is 0 Å². The second-order valence-electron chi connectivity index (χ2n) is 3.82. The first-order valence-electron chi connectivity index (χ1n) is 5.29. The lowest BCUT2D eigenvalue weighted by Crippen LogP contribution is -2.50. The Morgan fingerprint density at radius 1 is 1.07 bits per heavy atom. The molecule has 1 fully saturated rings. The summed E-state index contributed by atoms with van der Waals surface area (Å²) >= 11 is 0. The quantitative estimate of drug-likeness (QED) is 0.475. The van der Waals surface area contributed by atoms with Crippen LogP contribution in [0.2, 0.25) is 0 Å². The second-order valence-corrected chi connectivity index (χ2v) is 3.82. The maximum Gasteiger partial charge on any atom is 0.0789 e. The van der Waals surface area contributed by atoms with Crippen LogP contribution in [0.3, 0.4) is 0 Å². The maximum absolute atomic E-state index is 9.38. The molecule has 0 aromatic heterocycles. The molecule has 1 aliphatic rings. The Hall–Kier alpha value is -0.200. The molecule has 0 amide bonds. The minimum Gasteiger partial charge on any atom is -0.390 e. The van der Waals surface area contributed by atoms with Gasteiger partial charge in [0, 0.05) is 52.4 Å². The van der Waals surface area contributed by atoms with Crippen LogP contribution < -0.4 is 11.5 Å². The molecule has 1 unspecified atom stereocenters. The molecule has 5 N–H and O–H groups in total. The number of aliphatic hydroxyl groups excluding tert-OH is 1. The lowest BCUT2D eigenvalue weighted by molar-refractivity contribution is 0.0776. The molecule has 1 rings (SSSR count). The molecule has 1 saturated heterocycles. The van der Waals surface area contributed by atoms with Crippen molar-refractivity contribution in [2.75, 3.05) is 52.4 Å². The zero-order valence-corrected chi connectivity index (χ0v) is 8.73. The van der Waals surface area contributed by atoms with Gasteiger partial charge in [-0.2, -0.15) is 0 Å². The molecule has 0 aromatic carbocycles. The summed E-state index contributed by atoms with van der Waals surface area (Å²) in [4.78, 5) is 4.61. The summed E-state index contributed by atoms with van der Waals surface area (Å²) in [7, 11) is 0. The van der Waals surface area contributed by atoms with Gasteiger partial charge < -0.3 is 16.6 Å². The van der Waals surface area contributed by atoms with Gasteiger partial charge in [0.05, 0.1) is 6.10 Å². The van der Waals surface area contributed by atoms with Gasteiger partial charge in [0.15, 0.2) is 0 Å². The highest BCUT2D eigenvalue weighted by atomic mass is 16.3. The van der Waals surface area contributed by atoms with E-state index < -0.39 is 0 Å². The zero-order valence-electron chi connectivity index (χ0n) is 8.73. The van der Waals surface area contributed by atoms with Gasteiger partial charge in [-0.25, -0.2) is 0 Å². The lowest BCUT2D eigenvalue weighted by atomic mass is 10.2. The number of piperazine rings is 1. The number of rotatable bonds is 5. The molecule has 1 aliphatic heterocycles. The molecule has 1 atom stereocenters. The molecule has 5 nitrogen and oxygen atoms in total. The number of hydrogen-bond donors (Lipinski definition) is 3. The fraction of sp³-hybridized carbons (Fsp3) is 1.00. The Bertz CT molecular complexity index is 148. The fourth-order valence-corrected chi connectivity index (χ4v) is 1.75. The Balaban J connectivity index is 2.15. The summed E-state index contributed by atoms with van der Waals surface area (Å²) in [5, 5.41) is 9.38. The number of β-amino-alcohol motifs (C(OH)–C–C–N with tert-alkyl or cyclic N) is 1. The van der Waals surface area contributed by atoms with E-state index in [9.17, 15) is 5.11 Å². The molecule has 0 aliphatic carbocycles. The molecular formula is C9H22N4O. The van der Waals surface area contributed by atoms with Crippen LogP contribution in [0.4, 0.5) is 0 Å². The minimum absolute atomic E-state index is 0.350. The number of hydrogen-bond acceptors (Lipinski definition) is 5. The third-order valence-corrected chi connectivity index (χ3v) is 2.65. The highest BCUT2D eigenvalue weighted by molar-refractivity contribution is 4.74. The third-order valence-electron chi connectivity index (χ3n) is 2.65. The van der Waals surface area contributed by atoms with Gasteiger partial charge in [-0.05, 0) is 0 Å². The summed E-state index contributed by atoms with van der Waals surface area (Å²) in [5.41, 5.74) is 10.8. The standard InChI is InChI=1S/C9H22N4O/c10-1-2-12-3-5-13(6-4-12)8-9(14)7-11/h9,14H,1-8,10-11H2. The normalized spacial score (nSPS) is 22.5. The van der Waals surface area contributed by atoms with Crippen LogP contribution in [-0.2, 0) is 0 Å². The van der Waals surface area contributed by atoms with Gasteiger partial charge >= 0.3 is 0 Å². The molecule has 0 bridgehead atoms. The predicted molar refractivity (Wildman–Crippen MR) is 57.0 cm³/mol. The highest BCUT2D eigenvalue weighted by Crippen LogP contribution is 2.01. The van der Waals surface area contributed by atoms with Gasteiger partial charge in [0.25, 0.3) is 0 Å². The fourth-order valence-electron chi connectivity index (χ4n) is 1.75. The van der Waals surface area contributed by atoms with Crippen molar-refractivity contribution in [1.29, 1.82) is 0 Å². The van der Waals surface area contributed by atoms with Crippen LogP contribution in [0.25, 0.3) is 0 Å². The summed E-state index contributed by atoms with van der Waals surface area (Å²) in [6, 6.07) is 0. The first-order chi connectivity index (χ1) is 6.76.